The molecule has 0 aliphatic carbocycles. The van der Waals surface area contributed by atoms with Crippen LogP contribution in [0.2, 0.25) is 0 Å². The van der Waals surface area contributed by atoms with Crippen molar-refractivity contribution in [3.8, 4) is 16.9 Å². The lowest BCUT2D eigenvalue weighted by atomic mass is 10.2. The van der Waals surface area contributed by atoms with Gasteiger partial charge in [0.2, 0.25) is 0 Å². The van der Waals surface area contributed by atoms with Crippen LogP contribution in [0.25, 0.3) is 23.0 Å². The number of halogens is 1. The molecule has 1 heterocycles. The number of rotatable bonds is 5. The first-order valence-corrected chi connectivity index (χ1v) is 9.72. The quantitative estimate of drug-likeness (QED) is 0.632. The highest BCUT2D eigenvalue weighted by Crippen LogP contribution is 2.23. The van der Waals surface area contributed by atoms with Crippen LogP contribution in [0.15, 0.2) is 78.4 Å². The molecule has 0 aliphatic heterocycles. The van der Waals surface area contributed by atoms with Gasteiger partial charge in [0, 0.05) is 23.7 Å². The van der Waals surface area contributed by atoms with Gasteiger partial charge < -0.3 is 0 Å². The van der Waals surface area contributed by atoms with Gasteiger partial charge in [0.05, 0.1) is 10.6 Å². The minimum atomic E-state index is -3.26. The van der Waals surface area contributed by atoms with Crippen LogP contribution >= 0.6 is 0 Å². The molecule has 3 aromatic rings. The SMILES string of the molecule is C=C/C=C/c1nc(-c2ccc(F)cc2)cn1-c1ccc(S(C)(=O)=O)cc1. The smallest absolute Gasteiger partial charge is 0.175 e. The molecule has 0 radical (unpaired) electrons. The number of sulfone groups is 1. The molecule has 0 saturated heterocycles. The van der Waals surface area contributed by atoms with E-state index in [2.05, 4.69) is 11.6 Å². The van der Waals surface area contributed by atoms with Crippen molar-refractivity contribution in [3.05, 3.63) is 85.1 Å². The average Bonchev–Trinajstić information content (AvgIpc) is 3.04. The zero-order valence-electron chi connectivity index (χ0n) is 14.1. The highest BCUT2D eigenvalue weighted by atomic mass is 32.2. The molecule has 0 atom stereocenters. The third-order valence-corrected chi connectivity index (χ3v) is 4.93. The lowest BCUT2D eigenvalue weighted by molar-refractivity contribution is 0.602. The van der Waals surface area contributed by atoms with Crippen molar-refractivity contribution in [1.29, 1.82) is 0 Å². The lowest BCUT2D eigenvalue weighted by Gasteiger charge is -2.06. The summed E-state index contributed by atoms with van der Waals surface area (Å²) in [4.78, 5) is 4.84. The molecule has 0 unspecified atom stereocenters. The van der Waals surface area contributed by atoms with Gasteiger partial charge in [-0.1, -0.05) is 18.7 Å². The van der Waals surface area contributed by atoms with Gasteiger partial charge in [0.15, 0.2) is 9.84 Å². The number of nitrogens with zero attached hydrogens (tertiary/aromatic N) is 2. The van der Waals surface area contributed by atoms with Crippen molar-refractivity contribution < 1.29 is 12.8 Å². The summed E-state index contributed by atoms with van der Waals surface area (Å²) in [5.41, 5.74) is 2.23. The molecule has 0 amide bonds. The van der Waals surface area contributed by atoms with E-state index >= 15 is 0 Å². The Morgan fingerprint density at radius 2 is 1.73 bits per heavy atom. The number of allylic oxidation sites excluding steroid dienone is 2. The summed E-state index contributed by atoms with van der Waals surface area (Å²) in [6.07, 6.45) is 8.20. The topological polar surface area (TPSA) is 52.0 Å². The van der Waals surface area contributed by atoms with E-state index in [1.54, 1.807) is 54.6 Å². The Kier molecular flexibility index (Phi) is 4.86. The van der Waals surface area contributed by atoms with E-state index in [4.69, 9.17) is 0 Å². The molecule has 132 valence electrons. The van der Waals surface area contributed by atoms with E-state index in [0.29, 0.717) is 11.5 Å². The Morgan fingerprint density at radius 1 is 1.08 bits per heavy atom. The molecule has 0 saturated carbocycles. The van der Waals surface area contributed by atoms with E-state index in [0.717, 1.165) is 11.3 Å². The molecule has 2 aromatic carbocycles. The molecule has 3 rings (SSSR count). The second-order valence-electron chi connectivity index (χ2n) is 5.72. The molecule has 0 spiro atoms. The minimum Gasteiger partial charge on any atom is -0.300 e. The fourth-order valence-electron chi connectivity index (χ4n) is 2.49. The third kappa shape index (κ3) is 3.81. The van der Waals surface area contributed by atoms with Gasteiger partial charge in [-0.3, -0.25) is 4.57 Å². The Morgan fingerprint density at radius 3 is 2.31 bits per heavy atom. The molecule has 0 bridgehead atoms. The molecular weight excluding hydrogens is 351 g/mol. The van der Waals surface area contributed by atoms with Gasteiger partial charge in [-0.05, 0) is 54.6 Å². The van der Waals surface area contributed by atoms with Crippen molar-refractivity contribution in [2.24, 2.45) is 0 Å². The Hall–Kier alpha value is -2.99. The zero-order valence-corrected chi connectivity index (χ0v) is 14.9. The second-order valence-corrected chi connectivity index (χ2v) is 7.74. The lowest BCUT2D eigenvalue weighted by Crippen LogP contribution is -1.99. The normalized spacial score (nSPS) is 11.8. The first kappa shape index (κ1) is 17.8. The highest BCUT2D eigenvalue weighted by Gasteiger charge is 2.11. The molecule has 26 heavy (non-hydrogen) atoms. The Labute approximate surface area is 151 Å². The molecule has 0 N–H and O–H groups in total. The van der Waals surface area contributed by atoms with Crippen LogP contribution in [0, 0.1) is 5.82 Å². The fraction of sp³-hybridized carbons (Fsp3) is 0.0500. The Bertz CT molecular complexity index is 1060. The summed E-state index contributed by atoms with van der Waals surface area (Å²) in [7, 11) is -3.26. The number of imidazole rings is 1. The highest BCUT2D eigenvalue weighted by molar-refractivity contribution is 7.90. The molecule has 0 aliphatic rings. The summed E-state index contributed by atoms with van der Waals surface area (Å²) >= 11 is 0. The maximum absolute atomic E-state index is 13.2. The van der Waals surface area contributed by atoms with E-state index in [9.17, 15) is 12.8 Å². The van der Waals surface area contributed by atoms with Crippen LogP contribution in [0.1, 0.15) is 5.82 Å². The van der Waals surface area contributed by atoms with E-state index in [-0.39, 0.29) is 10.7 Å². The first-order valence-electron chi connectivity index (χ1n) is 7.83. The van der Waals surface area contributed by atoms with Crippen LogP contribution in [0.4, 0.5) is 4.39 Å². The maximum atomic E-state index is 13.2. The summed E-state index contributed by atoms with van der Waals surface area (Å²) in [6, 6.07) is 12.6. The fourth-order valence-corrected chi connectivity index (χ4v) is 3.12. The Balaban J connectivity index is 2.08. The largest absolute Gasteiger partial charge is 0.300 e. The summed E-state index contributed by atoms with van der Waals surface area (Å²) in [6.45, 7) is 3.66. The van der Waals surface area contributed by atoms with E-state index < -0.39 is 9.84 Å². The summed E-state index contributed by atoms with van der Waals surface area (Å²) in [5, 5.41) is 0. The van der Waals surface area contributed by atoms with Crippen LogP contribution in [0.3, 0.4) is 0 Å². The van der Waals surface area contributed by atoms with Gasteiger partial charge in [-0.15, -0.1) is 0 Å². The van der Waals surface area contributed by atoms with Gasteiger partial charge in [0.25, 0.3) is 0 Å². The van der Waals surface area contributed by atoms with Crippen LogP contribution in [0.5, 0.6) is 0 Å². The molecule has 4 nitrogen and oxygen atoms in total. The van der Waals surface area contributed by atoms with E-state index in [1.165, 1.54) is 18.4 Å². The van der Waals surface area contributed by atoms with Crippen molar-refractivity contribution >= 4 is 15.9 Å². The van der Waals surface area contributed by atoms with Crippen LogP contribution in [-0.4, -0.2) is 24.2 Å². The zero-order chi connectivity index (χ0) is 18.7. The average molecular weight is 368 g/mol. The van der Waals surface area contributed by atoms with Crippen LogP contribution < -0.4 is 0 Å². The second kappa shape index (κ2) is 7.09. The summed E-state index contributed by atoms with van der Waals surface area (Å²) in [5.74, 6) is 0.340. The minimum absolute atomic E-state index is 0.253. The molecule has 6 heteroatoms. The molecular formula is C20H17FN2O2S. The standard InChI is InChI=1S/C20H17FN2O2S/c1-3-4-5-20-22-19(15-6-8-16(21)9-7-15)14-23(20)17-10-12-18(13-11-17)26(2,24)25/h3-14H,1H2,2H3/b5-4+. The van der Waals surface area contributed by atoms with Crippen molar-refractivity contribution in [3.63, 3.8) is 0 Å². The molecule has 0 fully saturated rings. The maximum Gasteiger partial charge on any atom is 0.175 e. The van der Waals surface area contributed by atoms with Gasteiger partial charge in [0.1, 0.15) is 11.6 Å². The number of aromatic nitrogens is 2. The monoisotopic (exact) mass is 368 g/mol. The number of benzene rings is 2. The number of hydrogen-bond donors (Lipinski definition) is 0. The predicted octanol–water partition coefficient (Wildman–Crippen LogP) is 4.28. The van der Waals surface area contributed by atoms with Crippen molar-refractivity contribution in [2.75, 3.05) is 6.26 Å². The first-order chi connectivity index (χ1) is 12.4. The van der Waals surface area contributed by atoms with Crippen LogP contribution in [-0.2, 0) is 9.84 Å². The van der Waals surface area contributed by atoms with Crippen molar-refractivity contribution in [1.82, 2.24) is 9.55 Å². The van der Waals surface area contributed by atoms with Gasteiger partial charge in [-0.2, -0.15) is 0 Å². The van der Waals surface area contributed by atoms with Gasteiger partial charge in [-0.25, -0.2) is 17.8 Å². The molecule has 1 aromatic heterocycles. The summed E-state index contributed by atoms with van der Waals surface area (Å²) < 4.78 is 38.3. The predicted molar refractivity (Wildman–Crippen MR) is 101 cm³/mol. The van der Waals surface area contributed by atoms with Gasteiger partial charge >= 0.3 is 0 Å². The number of hydrogen-bond acceptors (Lipinski definition) is 3. The third-order valence-electron chi connectivity index (χ3n) is 3.80. The van der Waals surface area contributed by atoms with Crippen molar-refractivity contribution in [2.45, 2.75) is 4.90 Å². The van der Waals surface area contributed by atoms with E-state index in [1.807, 2.05) is 10.8 Å².